The van der Waals surface area contributed by atoms with Gasteiger partial charge in [0.25, 0.3) is 5.91 Å². The molecule has 2 aliphatic carbocycles. The summed E-state index contributed by atoms with van der Waals surface area (Å²) in [4.78, 5) is 64.4. The van der Waals surface area contributed by atoms with Crippen LogP contribution in [0.25, 0.3) is 0 Å². The van der Waals surface area contributed by atoms with Crippen molar-refractivity contribution < 1.29 is 28.7 Å². The van der Waals surface area contributed by atoms with Gasteiger partial charge in [-0.1, -0.05) is 27.7 Å². The molecule has 184 valence electrons. The minimum atomic E-state index is -1.26. The minimum absolute atomic E-state index is 0.0738. The second kappa shape index (κ2) is 7.99. The van der Waals surface area contributed by atoms with Crippen LogP contribution in [0, 0.1) is 23.2 Å². The molecule has 3 fully saturated rings. The second-order valence-corrected chi connectivity index (χ2v) is 11.5. The number of primary amides is 1. The minimum Gasteiger partial charge on any atom is -0.444 e. The van der Waals surface area contributed by atoms with E-state index in [1.165, 1.54) is 4.90 Å². The molecule has 0 spiro atoms. The summed E-state index contributed by atoms with van der Waals surface area (Å²) in [6.45, 7) is 13.3. The molecule has 0 radical (unpaired) electrons. The quantitative estimate of drug-likeness (QED) is 0.473. The summed E-state index contributed by atoms with van der Waals surface area (Å²) >= 11 is 0. The Morgan fingerprint density at radius 1 is 1.09 bits per heavy atom. The first-order valence-corrected chi connectivity index (χ1v) is 11.5. The first-order chi connectivity index (χ1) is 15.0. The molecule has 0 unspecified atom stereocenters. The van der Waals surface area contributed by atoms with Crippen molar-refractivity contribution in [1.29, 1.82) is 0 Å². The van der Waals surface area contributed by atoms with E-state index in [1.54, 1.807) is 34.6 Å². The molecule has 1 aliphatic heterocycles. The summed E-state index contributed by atoms with van der Waals surface area (Å²) in [6.07, 6.45) is -0.0229. The van der Waals surface area contributed by atoms with Gasteiger partial charge < -0.3 is 26.0 Å². The lowest BCUT2D eigenvalue weighted by Crippen LogP contribution is -2.59. The Bertz CT molecular complexity index is 886. The molecule has 10 nitrogen and oxygen atoms in total. The molecule has 4 atom stereocenters. The van der Waals surface area contributed by atoms with Crippen LogP contribution in [0.2, 0.25) is 0 Å². The lowest BCUT2D eigenvalue weighted by atomic mass is 9.97. The van der Waals surface area contributed by atoms with Crippen LogP contribution in [0.5, 0.6) is 0 Å². The second-order valence-electron chi connectivity index (χ2n) is 11.5. The molecule has 3 aliphatic rings. The van der Waals surface area contributed by atoms with Crippen LogP contribution in [0.1, 0.15) is 61.3 Å². The highest BCUT2D eigenvalue weighted by Gasteiger charge is 2.70. The molecular formula is C23H36N4O6. The molecule has 4 amide bonds. The molecule has 1 saturated heterocycles. The van der Waals surface area contributed by atoms with E-state index in [0.717, 1.165) is 0 Å². The van der Waals surface area contributed by atoms with Gasteiger partial charge >= 0.3 is 6.09 Å². The number of hydrogen-bond acceptors (Lipinski definition) is 6. The maximum absolute atomic E-state index is 13.5. The van der Waals surface area contributed by atoms with Crippen molar-refractivity contribution in [3.05, 3.63) is 0 Å². The summed E-state index contributed by atoms with van der Waals surface area (Å²) in [5.74, 6) is -2.92. The lowest BCUT2D eigenvalue weighted by molar-refractivity contribution is -0.144. The van der Waals surface area contributed by atoms with E-state index < -0.39 is 46.9 Å². The van der Waals surface area contributed by atoms with Gasteiger partial charge in [-0.3, -0.25) is 19.2 Å². The van der Waals surface area contributed by atoms with Gasteiger partial charge in [0, 0.05) is 6.54 Å². The van der Waals surface area contributed by atoms with Crippen molar-refractivity contribution >= 4 is 29.6 Å². The van der Waals surface area contributed by atoms with E-state index >= 15 is 0 Å². The van der Waals surface area contributed by atoms with E-state index in [4.69, 9.17) is 10.5 Å². The van der Waals surface area contributed by atoms with Gasteiger partial charge in [-0.15, -0.1) is 0 Å². The summed E-state index contributed by atoms with van der Waals surface area (Å²) in [6, 6.07) is -1.67. The molecule has 33 heavy (non-hydrogen) atoms. The summed E-state index contributed by atoms with van der Waals surface area (Å²) < 4.78 is 5.31. The van der Waals surface area contributed by atoms with Gasteiger partial charge in [-0.25, -0.2) is 4.79 Å². The fraction of sp³-hybridized carbons (Fsp3) is 0.783. The molecule has 0 bridgehead atoms. The van der Waals surface area contributed by atoms with E-state index in [2.05, 4.69) is 10.6 Å². The fourth-order valence-corrected chi connectivity index (χ4v) is 5.02. The number of alkyl carbamates (subject to hydrolysis) is 1. The van der Waals surface area contributed by atoms with Crippen LogP contribution >= 0.6 is 0 Å². The standard InChI is InChI=1S/C23H36N4O6/c1-11(2)14(25-20(32)33-21(3,4)5)19(31)27-10-12-13(22(12,6)7)15(27)18(30)26-23(8-9-23)16(28)17(24)29/h11-15H,8-10H2,1-7H3,(H2,24,29)(H,25,32)(H,26,30)/t12-,13-,14-,15-/m0/s1. The molecular weight excluding hydrogens is 428 g/mol. The Labute approximate surface area is 194 Å². The number of carbonyl (C=O) groups is 5. The summed E-state index contributed by atoms with van der Waals surface area (Å²) in [7, 11) is 0. The number of ether oxygens (including phenoxy) is 1. The number of Topliss-reactive ketones (excluding diaryl/α,β-unsaturated/α-hetero) is 1. The average Bonchev–Trinajstić information content (AvgIpc) is 3.47. The number of hydrogen-bond donors (Lipinski definition) is 3. The third-order valence-electron chi connectivity index (χ3n) is 7.14. The topological polar surface area (TPSA) is 148 Å². The van der Waals surface area contributed by atoms with Gasteiger partial charge in [0.1, 0.15) is 23.2 Å². The zero-order valence-electron chi connectivity index (χ0n) is 20.5. The number of nitrogens with one attached hydrogen (secondary N) is 2. The molecule has 0 aromatic heterocycles. The molecule has 10 heteroatoms. The number of nitrogens with two attached hydrogens (primary N) is 1. The zero-order valence-corrected chi connectivity index (χ0v) is 20.5. The van der Waals surface area contributed by atoms with Gasteiger partial charge in [-0.2, -0.15) is 0 Å². The monoisotopic (exact) mass is 464 g/mol. The number of likely N-dealkylation sites (tertiary alicyclic amines) is 1. The predicted molar refractivity (Wildman–Crippen MR) is 119 cm³/mol. The number of piperidine rings is 1. The Balaban J connectivity index is 1.80. The zero-order chi connectivity index (χ0) is 25.1. The van der Waals surface area contributed by atoms with Crippen molar-refractivity contribution in [2.24, 2.45) is 28.9 Å². The van der Waals surface area contributed by atoms with Crippen molar-refractivity contribution in [2.45, 2.75) is 84.5 Å². The highest BCUT2D eigenvalue weighted by Crippen LogP contribution is 2.65. The normalized spacial score (nSPS) is 27.3. The Hall–Kier alpha value is -2.65. The lowest BCUT2D eigenvalue weighted by Gasteiger charge is -2.35. The highest BCUT2D eigenvalue weighted by atomic mass is 16.6. The third-order valence-corrected chi connectivity index (χ3v) is 7.14. The maximum Gasteiger partial charge on any atom is 0.408 e. The SMILES string of the molecule is CC(C)[C@H](NC(=O)OC(C)(C)C)C(=O)N1C[C@H]2[C@@H]([C@H]1C(=O)NC1(C(=O)C(N)=O)CC1)C2(C)C. The molecule has 1 heterocycles. The molecule has 4 N–H and O–H groups in total. The largest absolute Gasteiger partial charge is 0.444 e. The maximum atomic E-state index is 13.5. The van der Waals surface area contributed by atoms with Crippen LogP contribution in [0.15, 0.2) is 0 Å². The molecule has 3 rings (SSSR count). The number of nitrogens with zero attached hydrogens (tertiary/aromatic N) is 1. The number of fused-ring (bicyclic) bond motifs is 1. The number of ketones is 1. The Morgan fingerprint density at radius 2 is 1.67 bits per heavy atom. The van der Waals surface area contributed by atoms with Crippen LogP contribution in [0.4, 0.5) is 4.79 Å². The molecule has 0 aromatic rings. The Kier molecular flexibility index (Phi) is 6.05. The fourth-order valence-electron chi connectivity index (χ4n) is 5.02. The first kappa shape index (κ1) is 25.0. The smallest absolute Gasteiger partial charge is 0.408 e. The van der Waals surface area contributed by atoms with Gasteiger partial charge in [0.15, 0.2) is 0 Å². The van der Waals surface area contributed by atoms with E-state index in [-0.39, 0.29) is 29.1 Å². The summed E-state index contributed by atoms with van der Waals surface area (Å²) in [5.41, 5.74) is 3.04. The Morgan fingerprint density at radius 3 is 2.12 bits per heavy atom. The first-order valence-electron chi connectivity index (χ1n) is 11.5. The predicted octanol–water partition coefficient (Wildman–Crippen LogP) is 0.722. The van der Waals surface area contributed by atoms with E-state index in [9.17, 15) is 24.0 Å². The third kappa shape index (κ3) is 4.70. The van der Waals surface area contributed by atoms with Crippen molar-refractivity contribution in [1.82, 2.24) is 15.5 Å². The van der Waals surface area contributed by atoms with Crippen molar-refractivity contribution in [3.8, 4) is 0 Å². The number of amides is 4. The number of carbonyl (C=O) groups excluding carboxylic acids is 5. The molecule has 2 saturated carbocycles. The van der Waals surface area contributed by atoms with Crippen molar-refractivity contribution in [3.63, 3.8) is 0 Å². The van der Waals surface area contributed by atoms with E-state index in [1.807, 2.05) is 13.8 Å². The van der Waals surface area contributed by atoms with Gasteiger partial charge in [-0.05, 0) is 56.8 Å². The van der Waals surface area contributed by atoms with Crippen LogP contribution < -0.4 is 16.4 Å². The van der Waals surface area contributed by atoms with Crippen molar-refractivity contribution in [2.75, 3.05) is 6.54 Å². The van der Waals surface area contributed by atoms with Crippen LogP contribution in [0.3, 0.4) is 0 Å². The van der Waals surface area contributed by atoms with E-state index in [0.29, 0.717) is 19.4 Å². The summed E-state index contributed by atoms with van der Waals surface area (Å²) in [5, 5.41) is 5.37. The van der Waals surface area contributed by atoms with Gasteiger partial charge in [0.2, 0.25) is 17.6 Å². The highest BCUT2D eigenvalue weighted by molar-refractivity contribution is 6.40. The van der Waals surface area contributed by atoms with Crippen LogP contribution in [-0.2, 0) is 23.9 Å². The van der Waals surface area contributed by atoms with Gasteiger partial charge in [0.05, 0.1) is 0 Å². The molecule has 0 aromatic carbocycles. The average molecular weight is 465 g/mol. The number of rotatable bonds is 7. The van der Waals surface area contributed by atoms with Crippen LogP contribution in [-0.4, -0.2) is 64.3 Å².